The largest absolute Gasteiger partial charge is 0.480 e. The second-order valence-corrected chi connectivity index (χ2v) is 10.2. The van der Waals surface area contributed by atoms with Crippen molar-refractivity contribution in [3.8, 4) is 11.1 Å². The molecule has 2 fully saturated rings. The molecule has 0 aromatic heterocycles. The Hall–Kier alpha value is -3.39. The maximum absolute atomic E-state index is 13.4. The van der Waals surface area contributed by atoms with Gasteiger partial charge in [0.15, 0.2) is 0 Å². The molecule has 35 heavy (non-hydrogen) atoms. The van der Waals surface area contributed by atoms with Crippen molar-refractivity contribution >= 4 is 18.0 Å². The summed E-state index contributed by atoms with van der Waals surface area (Å²) in [6.07, 6.45) is -0.321. The van der Waals surface area contributed by atoms with Gasteiger partial charge in [-0.25, -0.2) is 4.79 Å². The first-order valence-corrected chi connectivity index (χ1v) is 12.0. The summed E-state index contributed by atoms with van der Waals surface area (Å²) in [4.78, 5) is 38.0. The fourth-order valence-electron chi connectivity index (χ4n) is 6.29. The van der Waals surface area contributed by atoms with E-state index in [1.165, 1.54) is 6.92 Å². The molecule has 3 aliphatic rings. The van der Waals surface area contributed by atoms with Crippen molar-refractivity contribution in [1.82, 2.24) is 10.6 Å². The minimum absolute atomic E-state index is 0.109. The van der Waals surface area contributed by atoms with Gasteiger partial charge < -0.3 is 25.2 Å². The molecule has 1 heterocycles. The highest BCUT2D eigenvalue weighted by Gasteiger charge is 2.74. The molecule has 5 rings (SSSR count). The predicted octanol–water partition coefficient (Wildman–Crippen LogP) is 3.30. The SMILES string of the molecule is C[C@@H](NC(=O)C1(NC(=O)OCC2c3ccccc3-c3ccccc32)C2CCOC2C1(C)C)C(=O)O. The molecule has 3 unspecified atom stereocenters. The average molecular weight is 479 g/mol. The van der Waals surface area contributed by atoms with E-state index in [0.29, 0.717) is 13.0 Å². The van der Waals surface area contributed by atoms with Crippen LogP contribution >= 0.6 is 0 Å². The van der Waals surface area contributed by atoms with Crippen LogP contribution in [-0.4, -0.2) is 54.0 Å². The van der Waals surface area contributed by atoms with E-state index in [0.717, 1.165) is 22.3 Å². The van der Waals surface area contributed by atoms with Gasteiger partial charge in [0, 0.05) is 23.9 Å². The minimum atomic E-state index is -1.33. The number of ether oxygens (including phenoxy) is 2. The fourth-order valence-corrected chi connectivity index (χ4v) is 6.29. The van der Waals surface area contributed by atoms with Crippen LogP contribution in [0.4, 0.5) is 4.79 Å². The Kier molecular flexibility index (Phi) is 5.59. The smallest absolute Gasteiger partial charge is 0.408 e. The lowest BCUT2D eigenvalue weighted by molar-refractivity contribution is -0.184. The van der Waals surface area contributed by atoms with Gasteiger partial charge in [-0.3, -0.25) is 9.59 Å². The molecule has 1 saturated heterocycles. The van der Waals surface area contributed by atoms with Crippen molar-refractivity contribution in [2.24, 2.45) is 11.3 Å². The maximum Gasteiger partial charge on any atom is 0.408 e. The van der Waals surface area contributed by atoms with Crippen LogP contribution in [-0.2, 0) is 19.1 Å². The lowest BCUT2D eigenvalue weighted by Crippen LogP contribution is -2.82. The number of carbonyl (C=O) groups is 3. The number of carboxylic acids is 1. The van der Waals surface area contributed by atoms with Crippen LogP contribution in [0.2, 0.25) is 0 Å². The van der Waals surface area contributed by atoms with E-state index in [4.69, 9.17) is 9.47 Å². The number of rotatable bonds is 6. The number of hydrogen-bond donors (Lipinski definition) is 3. The van der Waals surface area contributed by atoms with Gasteiger partial charge in [-0.1, -0.05) is 62.4 Å². The topological polar surface area (TPSA) is 114 Å². The average Bonchev–Trinajstić information content (AvgIpc) is 3.43. The van der Waals surface area contributed by atoms with Gasteiger partial charge in [0.05, 0.1) is 6.10 Å². The lowest BCUT2D eigenvalue weighted by atomic mass is 9.47. The normalized spacial score (nSPS) is 26.5. The van der Waals surface area contributed by atoms with Gasteiger partial charge in [-0.15, -0.1) is 0 Å². The molecule has 4 atom stereocenters. The molecule has 0 radical (unpaired) electrons. The van der Waals surface area contributed by atoms with E-state index >= 15 is 0 Å². The standard InChI is InChI=1S/C27H30N2O6/c1-15(23(30)31)28-24(32)27(21-12-13-34-22(21)26(27,2)3)29-25(33)35-14-20-18-10-6-4-8-16(18)17-9-5-7-11-19(17)20/h4-11,15,20-22H,12-14H2,1-3H3,(H,28,32)(H,29,33)(H,30,31)/t15-,21?,22?,27?/m1/s1. The summed E-state index contributed by atoms with van der Waals surface area (Å²) in [7, 11) is 0. The minimum Gasteiger partial charge on any atom is -0.480 e. The van der Waals surface area contributed by atoms with Crippen LogP contribution in [0.25, 0.3) is 11.1 Å². The first-order chi connectivity index (χ1) is 16.7. The van der Waals surface area contributed by atoms with Crippen LogP contribution in [0.5, 0.6) is 0 Å². The van der Waals surface area contributed by atoms with Gasteiger partial charge in [-0.2, -0.15) is 0 Å². The molecule has 2 aromatic rings. The van der Waals surface area contributed by atoms with Gasteiger partial charge in [0.25, 0.3) is 0 Å². The zero-order valence-corrected chi connectivity index (χ0v) is 20.0. The molecule has 3 N–H and O–H groups in total. The van der Waals surface area contributed by atoms with Crippen molar-refractivity contribution in [1.29, 1.82) is 0 Å². The molecule has 184 valence electrons. The summed E-state index contributed by atoms with van der Waals surface area (Å²) in [5.74, 6) is -2.05. The highest BCUT2D eigenvalue weighted by Crippen LogP contribution is 2.59. The molecular weight excluding hydrogens is 448 g/mol. The lowest BCUT2D eigenvalue weighted by Gasteiger charge is -2.62. The Bertz CT molecular complexity index is 1150. The van der Waals surface area contributed by atoms with Crippen LogP contribution in [0.3, 0.4) is 0 Å². The van der Waals surface area contributed by atoms with E-state index in [1.807, 2.05) is 50.2 Å². The summed E-state index contributed by atoms with van der Waals surface area (Å²) in [6.45, 7) is 5.71. The maximum atomic E-state index is 13.4. The summed E-state index contributed by atoms with van der Waals surface area (Å²) in [5, 5.41) is 14.7. The van der Waals surface area contributed by atoms with Crippen molar-refractivity contribution < 1.29 is 29.0 Å². The van der Waals surface area contributed by atoms with Crippen molar-refractivity contribution in [2.75, 3.05) is 13.2 Å². The number of aliphatic carboxylic acids is 1. The molecule has 2 amide bonds. The second-order valence-electron chi connectivity index (χ2n) is 10.2. The zero-order valence-electron chi connectivity index (χ0n) is 20.0. The molecule has 2 aromatic carbocycles. The molecule has 0 bridgehead atoms. The number of benzene rings is 2. The van der Waals surface area contributed by atoms with E-state index < -0.39 is 35.0 Å². The van der Waals surface area contributed by atoms with Gasteiger partial charge in [0.2, 0.25) is 5.91 Å². The number of carbonyl (C=O) groups excluding carboxylic acids is 2. The van der Waals surface area contributed by atoms with Crippen LogP contribution < -0.4 is 10.6 Å². The molecular formula is C27H30N2O6. The Labute approximate surface area is 204 Å². The van der Waals surface area contributed by atoms with E-state index in [1.54, 1.807) is 0 Å². The third-order valence-corrected chi connectivity index (χ3v) is 8.09. The number of alkyl carbamates (subject to hydrolysis) is 1. The Morgan fingerprint density at radius 1 is 1.09 bits per heavy atom. The quantitative estimate of drug-likeness (QED) is 0.587. The summed E-state index contributed by atoms with van der Waals surface area (Å²) in [6, 6.07) is 15.0. The fraction of sp³-hybridized carbons (Fsp3) is 0.444. The van der Waals surface area contributed by atoms with Gasteiger partial charge in [0.1, 0.15) is 18.2 Å². The molecule has 2 aliphatic carbocycles. The van der Waals surface area contributed by atoms with Gasteiger partial charge in [-0.05, 0) is 35.6 Å². The van der Waals surface area contributed by atoms with E-state index in [2.05, 4.69) is 22.8 Å². The zero-order chi connectivity index (χ0) is 25.0. The van der Waals surface area contributed by atoms with Crippen molar-refractivity contribution in [3.63, 3.8) is 0 Å². The van der Waals surface area contributed by atoms with Crippen LogP contribution in [0, 0.1) is 11.3 Å². The Balaban J connectivity index is 1.36. The highest BCUT2D eigenvalue weighted by atomic mass is 16.5. The van der Waals surface area contributed by atoms with E-state index in [9.17, 15) is 19.5 Å². The van der Waals surface area contributed by atoms with E-state index in [-0.39, 0.29) is 24.5 Å². The third-order valence-electron chi connectivity index (χ3n) is 8.09. The number of fused-ring (bicyclic) bond motifs is 4. The molecule has 0 spiro atoms. The second kappa shape index (κ2) is 8.37. The molecule has 8 nitrogen and oxygen atoms in total. The van der Waals surface area contributed by atoms with Crippen molar-refractivity contribution in [3.05, 3.63) is 59.7 Å². The first kappa shape index (κ1) is 23.4. The number of hydrogen-bond acceptors (Lipinski definition) is 5. The van der Waals surface area contributed by atoms with Gasteiger partial charge >= 0.3 is 12.1 Å². The number of amides is 2. The summed E-state index contributed by atoms with van der Waals surface area (Å²) in [5.41, 5.74) is 2.36. The highest BCUT2D eigenvalue weighted by molar-refractivity contribution is 5.95. The Morgan fingerprint density at radius 2 is 1.69 bits per heavy atom. The molecule has 1 saturated carbocycles. The number of carboxylic acid groups (broad SMARTS) is 1. The molecule has 8 heteroatoms. The predicted molar refractivity (Wildman–Crippen MR) is 128 cm³/mol. The summed E-state index contributed by atoms with van der Waals surface area (Å²) < 4.78 is 11.6. The molecule has 1 aliphatic heterocycles. The van der Waals surface area contributed by atoms with Crippen LogP contribution in [0.15, 0.2) is 48.5 Å². The third kappa shape index (κ3) is 3.42. The van der Waals surface area contributed by atoms with Crippen LogP contribution in [0.1, 0.15) is 44.2 Å². The number of nitrogens with one attached hydrogen (secondary N) is 2. The van der Waals surface area contributed by atoms with Crippen molar-refractivity contribution in [2.45, 2.75) is 50.8 Å². The Morgan fingerprint density at radius 3 is 2.29 bits per heavy atom. The monoisotopic (exact) mass is 478 g/mol. The first-order valence-electron chi connectivity index (χ1n) is 12.0. The summed E-state index contributed by atoms with van der Waals surface area (Å²) >= 11 is 0.